The summed E-state index contributed by atoms with van der Waals surface area (Å²) >= 11 is 0. The number of aromatic amines is 1. The highest BCUT2D eigenvalue weighted by Gasteiger charge is 2.33. The maximum Gasteiger partial charge on any atom is 0.254 e. The van der Waals surface area contributed by atoms with E-state index in [-0.39, 0.29) is 23.8 Å². The van der Waals surface area contributed by atoms with Gasteiger partial charge in [0.2, 0.25) is 0 Å². The van der Waals surface area contributed by atoms with Gasteiger partial charge in [-0.25, -0.2) is 4.39 Å². The molecule has 0 saturated heterocycles. The van der Waals surface area contributed by atoms with Crippen molar-refractivity contribution in [1.82, 2.24) is 20.4 Å². The maximum atomic E-state index is 13.0. The number of halogens is 1. The van der Waals surface area contributed by atoms with Gasteiger partial charge in [-0.2, -0.15) is 5.10 Å². The smallest absolute Gasteiger partial charge is 0.254 e. The van der Waals surface area contributed by atoms with Crippen molar-refractivity contribution in [2.24, 2.45) is 5.41 Å². The van der Waals surface area contributed by atoms with Crippen molar-refractivity contribution in [3.05, 3.63) is 76.0 Å². The summed E-state index contributed by atoms with van der Waals surface area (Å²) in [5.41, 5.74) is 7.93. The van der Waals surface area contributed by atoms with E-state index in [4.69, 9.17) is 0 Å². The standard InChI is InChI=1S/C26H27FN4O2/c1-26(2)12-21-22(13-26)29-30-23(21)18-7-8-20-19(11-18)15-31(25(20)33)14-16-3-5-17(6-4-16)24(32)28-10-9-27/h3-8,11H,9-10,12-15H2,1-2H3,(H,28,32)(H,29,30). The van der Waals surface area contributed by atoms with Crippen LogP contribution in [0.2, 0.25) is 0 Å². The monoisotopic (exact) mass is 446 g/mol. The van der Waals surface area contributed by atoms with E-state index in [0.717, 1.165) is 40.8 Å². The number of aromatic nitrogens is 2. The highest BCUT2D eigenvalue weighted by molar-refractivity contribution is 5.99. The van der Waals surface area contributed by atoms with Crippen molar-refractivity contribution in [2.75, 3.05) is 13.2 Å². The highest BCUT2D eigenvalue weighted by atomic mass is 19.1. The van der Waals surface area contributed by atoms with E-state index in [1.165, 1.54) is 11.3 Å². The van der Waals surface area contributed by atoms with Crippen LogP contribution in [0.1, 0.15) is 56.9 Å². The van der Waals surface area contributed by atoms with Crippen molar-refractivity contribution in [3.63, 3.8) is 0 Å². The molecule has 1 aliphatic heterocycles. The molecular weight excluding hydrogens is 419 g/mol. The lowest BCUT2D eigenvalue weighted by Gasteiger charge is -2.16. The predicted molar refractivity (Wildman–Crippen MR) is 124 cm³/mol. The van der Waals surface area contributed by atoms with E-state index in [2.05, 4.69) is 35.4 Å². The van der Waals surface area contributed by atoms with Gasteiger partial charge in [0.1, 0.15) is 6.67 Å². The van der Waals surface area contributed by atoms with E-state index < -0.39 is 6.67 Å². The van der Waals surface area contributed by atoms with Gasteiger partial charge in [0.15, 0.2) is 0 Å². The first-order valence-corrected chi connectivity index (χ1v) is 11.3. The minimum absolute atomic E-state index is 0.00194. The van der Waals surface area contributed by atoms with Crippen LogP contribution >= 0.6 is 0 Å². The summed E-state index contributed by atoms with van der Waals surface area (Å²) in [6.07, 6.45) is 2.00. The van der Waals surface area contributed by atoms with Gasteiger partial charge in [-0.3, -0.25) is 14.7 Å². The Labute approximate surface area is 192 Å². The van der Waals surface area contributed by atoms with Gasteiger partial charge in [0.05, 0.1) is 5.69 Å². The summed E-state index contributed by atoms with van der Waals surface area (Å²) < 4.78 is 12.2. The summed E-state index contributed by atoms with van der Waals surface area (Å²) in [5.74, 6) is -0.292. The zero-order chi connectivity index (χ0) is 23.2. The van der Waals surface area contributed by atoms with Crippen LogP contribution in [-0.4, -0.2) is 40.1 Å². The van der Waals surface area contributed by atoms with Gasteiger partial charge in [0, 0.05) is 47.6 Å². The number of hydrogen-bond donors (Lipinski definition) is 2. The Bertz CT molecular complexity index is 1230. The Kier molecular flexibility index (Phi) is 5.27. The second kappa shape index (κ2) is 8.14. The highest BCUT2D eigenvalue weighted by Crippen LogP contribution is 2.40. The maximum absolute atomic E-state index is 13.0. The zero-order valence-corrected chi connectivity index (χ0v) is 18.9. The van der Waals surface area contributed by atoms with Crippen molar-refractivity contribution in [1.29, 1.82) is 0 Å². The summed E-state index contributed by atoms with van der Waals surface area (Å²) in [5, 5.41) is 10.3. The first kappa shape index (κ1) is 21.4. The molecule has 3 aromatic rings. The van der Waals surface area contributed by atoms with Crippen LogP contribution in [0, 0.1) is 5.41 Å². The number of H-pyrrole nitrogens is 1. The molecule has 5 rings (SSSR count). The van der Waals surface area contributed by atoms with Crippen molar-refractivity contribution in [3.8, 4) is 11.3 Å². The van der Waals surface area contributed by atoms with Gasteiger partial charge < -0.3 is 10.2 Å². The number of hydrogen-bond acceptors (Lipinski definition) is 3. The van der Waals surface area contributed by atoms with Crippen LogP contribution in [0.3, 0.4) is 0 Å². The SMILES string of the molecule is CC1(C)Cc2[nH]nc(-c3ccc4c(c3)CN(Cc3ccc(C(=O)NCCF)cc3)C4=O)c2C1. The molecule has 33 heavy (non-hydrogen) atoms. The molecule has 0 bridgehead atoms. The molecular formula is C26H27FN4O2. The molecule has 0 saturated carbocycles. The zero-order valence-electron chi connectivity index (χ0n) is 18.9. The molecule has 0 atom stereocenters. The van der Waals surface area contributed by atoms with E-state index in [9.17, 15) is 14.0 Å². The third-order valence-electron chi connectivity index (χ3n) is 6.49. The molecule has 1 aromatic heterocycles. The summed E-state index contributed by atoms with van der Waals surface area (Å²) in [6, 6.07) is 13.1. The molecule has 7 heteroatoms. The minimum atomic E-state index is -0.593. The van der Waals surface area contributed by atoms with Gasteiger partial charge in [-0.1, -0.05) is 32.0 Å². The number of nitrogens with zero attached hydrogens (tertiary/aromatic N) is 2. The Hall–Kier alpha value is -3.48. The number of amides is 2. The normalized spacial score (nSPS) is 16.1. The minimum Gasteiger partial charge on any atom is -0.349 e. The average Bonchev–Trinajstić information content (AvgIpc) is 3.41. The second-order valence-electron chi connectivity index (χ2n) is 9.72. The fraction of sp³-hybridized carbons (Fsp3) is 0.346. The molecule has 0 unspecified atom stereocenters. The first-order chi connectivity index (χ1) is 15.8. The molecule has 2 heterocycles. The third kappa shape index (κ3) is 4.03. The van der Waals surface area contributed by atoms with E-state index in [0.29, 0.717) is 18.7 Å². The fourth-order valence-corrected chi connectivity index (χ4v) is 4.90. The Balaban J connectivity index is 1.31. The van der Waals surface area contributed by atoms with Crippen LogP contribution < -0.4 is 5.32 Å². The lowest BCUT2D eigenvalue weighted by Crippen LogP contribution is -2.25. The number of carbonyl (C=O) groups is 2. The molecule has 0 fully saturated rings. The topological polar surface area (TPSA) is 78.1 Å². The van der Waals surface area contributed by atoms with Gasteiger partial charge >= 0.3 is 0 Å². The molecule has 2 aliphatic rings. The molecule has 2 amide bonds. The predicted octanol–water partition coefficient (Wildman–Crippen LogP) is 4.06. The van der Waals surface area contributed by atoms with E-state index in [1.54, 1.807) is 12.1 Å². The molecule has 2 N–H and O–H groups in total. The Morgan fingerprint density at radius 3 is 2.73 bits per heavy atom. The van der Waals surface area contributed by atoms with Crippen molar-refractivity contribution >= 4 is 11.8 Å². The van der Waals surface area contributed by atoms with Crippen LogP contribution in [0.4, 0.5) is 4.39 Å². The second-order valence-corrected chi connectivity index (χ2v) is 9.72. The largest absolute Gasteiger partial charge is 0.349 e. The van der Waals surface area contributed by atoms with Crippen LogP contribution in [0.25, 0.3) is 11.3 Å². The lowest BCUT2D eigenvalue weighted by atomic mass is 9.90. The van der Waals surface area contributed by atoms with Gasteiger partial charge in [-0.15, -0.1) is 0 Å². The number of fused-ring (bicyclic) bond motifs is 2. The summed E-state index contributed by atoms with van der Waals surface area (Å²) in [4.78, 5) is 26.7. The number of alkyl halides is 1. The van der Waals surface area contributed by atoms with Gasteiger partial charge in [-0.05, 0) is 53.6 Å². The summed E-state index contributed by atoms with van der Waals surface area (Å²) in [7, 11) is 0. The first-order valence-electron chi connectivity index (χ1n) is 11.3. The Morgan fingerprint density at radius 1 is 1.18 bits per heavy atom. The number of rotatable bonds is 6. The van der Waals surface area contributed by atoms with Crippen molar-refractivity contribution < 1.29 is 14.0 Å². The lowest BCUT2D eigenvalue weighted by molar-refractivity contribution is 0.0766. The molecule has 0 radical (unpaired) electrons. The van der Waals surface area contributed by atoms with Crippen molar-refractivity contribution in [2.45, 2.75) is 39.8 Å². The summed E-state index contributed by atoms with van der Waals surface area (Å²) in [6.45, 7) is 4.95. The van der Waals surface area contributed by atoms with Crippen LogP contribution in [0.5, 0.6) is 0 Å². The molecule has 6 nitrogen and oxygen atoms in total. The van der Waals surface area contributed by atoms with Crippen LogP contribution in [0.15, 0.2) is 42.5 Å². The number of carbonyl (C=O) groups excluding carboxylic acids is 2. The number of benzene rings is 2. The molecule has 1 aliphatic carbocycles. The van der Waals surface area contributed by atoms with Crippen LogP contribution in [-0.2, 0) is 25.9 Å². The number of nitrogens with one attached hydrogen (secondary N) is 2. The van der Waals surface area contributed by atoms with E-state index in [1.807, 2.05) is 29.2 Å². The third-order valence-corrected chi connectivity index (χ3v) is 6.49. The quantitative estimate of drug-likeness (QED) is 0.600. The molecule has 2 aromatic carbocycles. The average molecular weight is 447 g/mol. The Morgan fingerprint density at radius 2 is 1.97 bits per heavy atom. The molecule has 0 spiro atoms. The van der Waals surface area contributed by atoms with Gasteiger partial charge in [0.25, 0.3) is 11.8 Å². The molecule has 170 valence electrons. The van der Waals surface area contributed by atoms with E-state index >= 15 is 0 Å². The fourth-order valence-electron chi connectivity index (χ4n) is 4.90.